The van der Waals surface area contributed by atoms with Gasteiger partial charge in [-0.15, -0.1) is 0 Å². The molecule has 0 aliphatic carbocycles. The molecule has 1 aliphatic rings. The van der Waals surface area contributed by atoms with Crippen LogP contribution in [0.1, 0.15) is 23.7 Å². The molecule has 9 heteroatoms. The number of nitrogens with zero attached hydrogens (tertiary/aromatic N) is 2. The van der Waals surface area contributed by atoms with Crippen LogP contribution in [-0.2, 0) is 14.8 Å². The van der Waals surface area contributed by atoms with E-state index in [-0.39, 0.29) is 16.8 Å². The number of hydrogen-bond donors (Lipinski definition) is 2. The third kappa shape index (κ3) is 5.05. The van der Waals surface area contributed by atoms with Crippen LogP contribution < -0.4 is 10.6 Å². The number of benzene rings is 2. The Morgan fingerprint density at radius 3 is 2.36 bits per heavy atom. The molecule has 1 unspecified atom stereocenters. The number of nitrogens with one attached hydrogen (secondary N) is 2. The third-order valence-electron chi connectivity index (χ3n) is 6.01. The van der Waals surface area contributed by atoms with Gasteiger partial charge in [0.05, 0.1) is 18.9 Å². The number of rotatable bonds is 8. The normalized spacial score (nSPS) is 15.9. The van der Waals surface area contributed by atoms with Crippen molar-refractivity contribution in [3.8, 4) is 0 Å². The van der Waals surface area contributed by atoms with Crippen LogP contribution in [0.15, 0.2) is 59.8 Å². The van der Waals surface area contributed by atoms with E-state index in [0.29, 0.717) is 24.5 Å². The number of carbonyl (C=O) groups is 1. The maximum absolute atomic E-state index is 13.5. The van der Waals surface area contributed by atoms with Crippen LogP contribution >= 0.6 is 0 Å². The standard InChI is InChI=1S/C24H30N4O4S/c1-3-21(17-27-10-12-32-13-11-27)26-24(29)18-8-9-22(25-2)23(14-18)33(30,31)28-15-19-6-4-5-7-20(19)16-28/h4-9,14-16,21,25H,3,10-13,17H2,1-2H3,(H,26,29). The van der Waals surface area contributed by atoms with Crippen molar-refractivity contribution in [3.05, 3.63) is 60.4 Å². The van der Waals surface area contributed by atoms with Crippen molar-refractivity contribution in [1.29, 1.82) is 0 Å². The quantitative estimate of drug-likeness (QED) is 0.526. The second kappa shape index (κ2) is 9.94. The molecule has 8 nitrogen and oxygen atoms in total. The summed E-state index contributed by atoms with van der Waals surface area (Å²) in [7, 11) is -2.24. The van der Waals surface area contributed by atoms with E-state index in [0.717, 1.165) is 36.8 Å². The number of anilines is 1. The first-order valence-corrected chi connectivity index (χ1v) is 12.6. The molecule has 2 aromatic carbocycles. The molecule has 2 heterocycles. The zero-order chi connectivity index (χ0) is 23.4. The van der Waals surface area contributed by atoms with Crippen molar-refractivity contribution in [2.24, 2.45) is 0 Å². The minimum atomic E-state index is -3.90. The molecule has 1 aromatic heterocycles. The summed E-state index contributed by atoms with van der Waals surface area (Å²) in [4.78, 5) is 15.4. The number of morpholine rings is 1. The number of hydrogen-bond acceptors (Lipinski definition) is 6. The van der Waals surface area contributed by atoms with Crippen LogP contribution in [0.2, 0.25) is 0 Å². The molecular formula is C24H30N4O4S. The van der Waals surface area contributed by atoms with Gasteiger partial charge in [-0.05, 0) is 24.6 Å². The average molecular weight is 471 g/mol. The second-order valence-corrected chi connectivity index (χ2v) is 9.99. The number of ether oxygens (including phenoxy) is 1. The predicted molar refractivity (Wildman–Crippen MR) is 129 cm³/mol. The molecule has 0 radical (unpaired) electrons. The lowest BCUT2D eigenvalue weighted by atomic mass is 10.1. The Bertz CT molecular complexity index is 1200. The predicted octanol–water partition coefficient (Wildman–Crippen LogP) is 2.76. The molecule has 1 fully saturated rings. The van der Waals surface area contributed by atoms with Gasteiger partial charge in [0.2, 0.25) is 0 Å². The number of carbonyl (C=O) groups excluding carboxylic acids is 1. The zero-order valence-corrected chi connectivity index (χ0v) is 19.8. The van der Waals surface area contributed by atoms with E-state index in [4.69, 9.17) is 4.74 Å². The molecule has 33 heavy (non-hydrogen) atoms. The van der Waals surface area contributed by atoms with E-state index in [1.807, 2.05) is 31.2 Å². The Morgan fingerprint density at radius 1 is 1.09 bits per heavy atom. The minimum Gasteiger partial charge on any atom is -0.387 e. The maximum Gasteiger partial charge on any atom is 0.269 e. The van der Waals surface area contributed by atoms with Crippen molar-refractivity contribution in [1.82, 2.24) is 14.2 Å². The Kier molecular flexibility index (Phi) is 7.02. The van der Waals surface area contributed by atoms with Crippen molar-refractivity contribution >= 4 is 32.4 Å². The van der Waals surface area contributed by atoms with Crippen LogP contribution in [0.25, 0.3) is 10.8 Å². The van der Waals surface area contributed by atoms with E-state index in [1.165, 1.54) is 10.0 Å². The highest BCUT2D eigenvalue weighted by Crippen LogP contribution is 2.27. The van der Waals surface area contributed by atoms with Crippen molar-refractivity contribution in [3.63, 3.8) is 0 Å². The summed E-state index contributed by atoms with van der Waals surface area (Å²) in [5.74, 6) is -0.285. The Morgan fingerprint density at radius 2 is 1.76 bits per heavy atom. The van der Waals surface area contributed by atoms with Gasteiger partial charge in [-0.1, -0.05) is 31.2 Å². The fourth-order valence-electron chi connectivity index (χ4n) is 4.03. The van der Waals surface area contributed by atoms with Crippen LogP contribution in [0.4, 0.5) is 5.69 Å². The largest absolute Gasteiger partial charge is 0.387 e. The summed E-state index contributed by atoms with van der Waals surface area (Å²) < 4.78 is 33.5. The molecule has 1 aliphatic heterocycles. The number of aromatic nitrogens is 1. The third-order valence-corrected chi connectivity index (χ3v) is 7.67. The number of amides is 1. The topological polar surface area (TPSA) is 92.7 Å². The second-order valence-electron chi connectivity index (χ2n) is 8.17. The van der Waals surface area contributed by atoms with Crippen molar-refractivity contribution < 1.29 is 17.9 Å². The highest BCUT2D eigenvalue weighted by molar-refractivity contribution is 7.90. The Hall–Kier alpha value is -2.88. The molecular weight excluding hydrogens is 440 g/mol. The summed E-state index contributed by atoms with van der Waals surface area (Å²) in [5.41, 5.74) is 0.745. The Labute approximate surface area is 194 Å². The van der Waals surface area contributed by atoms with Gasteiger partial charge in [0.1, 0.15) is 4.90 Å². The highest BCUT2D eigenvalue weighted by atomic mass is 32.2. The van der Waals surface area contributed by atoms with Crippen LogP contribution in [0.3, 0.4) is 0 Å². The van der Waals surface area contributed by atoms with E-state index in [9.17, 15) is 13.2 Å². The fourth-order valence-corrected chi connectivity index (χ4v) is 5.49. The van der Waals surface area contributed by atoms with E-state index in [2.05, 4.69) is 15.5 Å². The molecule has 0 spiro atoms. The molecule has 1 atom stereocenters. The molecule has 1 saturated heterocycles. The van der Waals surface area contributed by atoms with Crippen LogP contribution in [0.5, 0.6) is 0 Å². The number of fused-ring (bicyclic) bond motifs is 1. The molecule has 1 amide bonds. The summed E-state index contributed by atoms with van der Waals surface area (Å²) in [6.45, 7) is 5.86. The molecule has 2 N–H and O–H groups in total. The molecule has 4 rings (SSSR count). The molecule has 3 aromatic rings. The van der Waals surface area contributed by atoms with Gasteiger partial charge in [0, 0.05) is 61.5 Å². The van der Waals surface area contributed by atoms with E-state index >= 15 is 0 Å². The van der Waals surface area contributed by atoms with Gasteiger partial charge in [-0.3, -0.25) is 9.69 Å². The fraction of sp³-hybridized carbons (Fsp3) is 0.375. The van der Waals surface area contributed by atoms with Crippen LogP contribution in [0, 0.1) is 0 Å². The summed E-state index contributed by atoms with van der Waals surface area (Å²) >= 11 is 0. The highest BCUT2D eigenvalue weighted by Gasteiger charge is 2.24. The monoisotopic (exact) mass is 470 g/mol. The summed E-state index contributed by atoms with van der Waals surface area (Å²) in [5, 5.41) is 7.66. The smallest absolute Gasteiger partial charge is 0.269 e. The SMILES string of the molecule is CCC(CN1CCOCC1)NC(=O)c1ccc(NC)c(S(=O)(=O)n2cc3ccccc3c2)c1. The molecule has 176 valence electrons. The lowest BCUT2D eigenvalue weighted by Crippen LogP contribution is -2.47. The van der Waals surface area contributed by atoms with Crippen molar-refractivity contribution in [2.45, 2.75) is 24.3 Å². The van der Waals surface area contributed by atoms with E-state index in [1.54, 1.807) is 31.6 Å². The maximum atomic E-state index is 13.5. The van der Waals surface area contributed by atoms with Gasteiger partial charge < -0.3 is 15.4 Å². The first kappa shape index (κ1) is 23.3. The summed E-state index contributed by atoms with van der Waals surface area (Å²) in [6.07, 6.45) is 3.96. The van der Waals surface area contributed by atoms with Gasteiger partial charge in [0.15, 0.2) is 0 Å². The van der Waals surface area contributed by atoms with Gasteiger partial charge in [-0.2, -0.15) is 0 Å². The van der Waals surface area contributed by atoms with Gasteiger partial charge in [0.25, 0.3) is 15.9 Å². The lowest BCUT2D eigenvalue weighted by Gasteiger charge is -2.30. The van der Waals surface area contributed by atoms with Gasteiger partial charge in [-0.25, -0.2) is 12.4 Å². The molecule has 0 saturated carbocycles. The van der Waals surface area contributed by atoms with Crippen molar-refractivity contribution in [2.75, 3.05) is 45.2 Å². The Balaban J connectivity index is 1.59. The first-order chi connectivity index (χ1) is 15.9. The molecule has 0 bridgehead atoms. The first-order valence-electron chi connectivity index (χ1n) is 11.2. The average Bonchev–Trinajstić information content (AvgIpc) is 3.29. The minimum absolute atomic E-state index is 0.0330. The summed E-state index contributed by atoms with van der Waals surface area (Å²) in [6, 6.07) is 12.2. The van der Waals surface area contributed by atoms with Gasteiger partial charge >= 0.3 is 0 Å². The zero-order valence-electron chi connectivity index (χ0n) is 19.0. The van der Waals surface area contributed by atoms with Crippen LogP contribution in [-0.4, -0.2) is 69.1 Å². The lowest BCUT2D eigenvalue weighted by molar-refractivity contribution is 0.0331. The van der Waals surface area contributed by atoms with E-state index < -0.39 is 10.0 Å².